The third-order valence-corrected chi connectivity index (χ3v) is 5.55. The Labute approximate surface area is 193 Å². The minimum absolute atomic E-state index is 0.174. The van der Waals surface area contributed by atoms with E-state index in [-0.39, 0.29) is 11.9 Å². The predicted octanol–water partition coefficient (Wildman–Crippen LogP) is 4.13. The van der Waals surface area contributed by atoms with Crippen LogP contribution in [0.4, 0.5) is 5.82 Å². The van der Waals surface area contributed by atoms with Gasteiger partial charge in [0.05, 0.1) is 11.7 Å². The lowest BCUT2D eigenvalue weighted by atomic mass is 10.00. The molecule has 33 heavy (non-hydrogen) atoms. The van der Waals surface area contributed by atoms with E-state index >= 15 is 0 Å². The second-order valence-corrected chi connectivity index (χ2v) is 7.91. The Hall–Kier alpha value is -4.07. The van der Waals surface area contributed by atoms with Gasteiger partial charge in [0, 0.05) is 25.2 Å². The fourth-order valence-electron chi connectivity index (χ4n) is 3.62. The van der Waals surface area contributed by atoms with Gasteiger partial charge in [-0.15, -0.1) is 5.10 Å². The lowest BCUT2D eigenvalue weighted by molar-refractivity contribution is 0.0940. The molecule has 0 aliphatic heterocycles. The van der Waals surface area contributed by atoms with Gasteiger partial charge < -0.3 is 10.6 Å². The maximum absolute atomic E-state index is 13.3. The third kappa shape index (κ3) is 4.90. The highest BCUT2D eigenvalue weighted by Crippen LogP contribution is 2.26. The van der Waals surface area contributed by atoms with Crippen molar-refractivity contribution in [3.63, 3.8) is 0 Å². The van der Waals surface area contributed by atoms with Gasteiger partial charge in [-0.05, 0) is 71.3 Å². The third-order valence-electron chi connectivity index (χ3n) is 5.55. The Morgan fingerprint density at radius 3 is 2.58 bits per heavy atom. The Morgan fingerprint density at radius 1 is 1.06 bits per heavy atom. The largest absolute Gasteiger partial charge is 0.373 e. The van der Waals surface area contributed by atoms with Gasteiger partial charge in [-0.25, -0.2) is 4.98 Å². The molecular formula is C25H27N7O. The van der Waals surface area contributed by atoms with Crippen molar-refractivity contribution in [2.75, 3.05) is 12.4 Å². The van der Waals surface area contributed by atoms with E-state index in [0.29, 0.717) is 12.0 Å². The lowest BCUT2D eigenvalue weighted by Gasteiger charge is -2.16. The number of rotatable bonds is 7. The summed E-state index contributed by atoms with van der Waals surface area (Å²) < 4.78 is 1.68. The Kier molecular flexibility index (Phi) is 6.44. The van der Waals surface area contributed by atoms with Gasteiger partial charge >= 0.3 is 0 Å². The van der Waals surface area contributed by atoms with Crippen molar-refractivity contribution in [2.24, 2.45) is 0 Å². The van der Waals surface area contributed by atoms with Gasteiger partial charge in [0.1, 0.15) is 5.82 Å². The number of aromatic nitrogens is 5. The molecule has 2 N–H and O–H groups in total. The number of anilines is 1. The first-order valence-electron chi connectivity index (χ1n) is 10.9. The molecule has 0 spiro atoms. The normalized spacial score (nSPS) is 11.8. The number of amides is 1. The molecule has 2 aromatic heterocycles. The summed E-state index contributed by atoms with van der Waals surface area (Å²) >= 11 is 0. The minimum atomic E-state index is -0.196. The Morgan fingerprint density at radius 2 is 1.85 bits per heavy atom. The average Bonchev–Trinajstić information content (AvgIpc) is 3.33. The molecule has 0 saturated carbocycles. The van der Waals surface area contributed by atoms with Crippen LogP contribution in [0.2, 0.25) is 0 Å². The first-order chi connectivity index (χ1) is 16.0. The van der Waals surface area contributed by atoms with Crippen LogP contribution in [-0.4, -0.2) is 38.1 Å². The summed E-state index contributed by atoms with van der Waals surface area (Å²) in [6, 6.07) is 17.6. The van der Waals surface area contributed by atoms with Gasteiger partial charge in [0.15, 0.2) is 5.82 Å². The van der Waals surface area contributed by atoms with Crippen LogP contribution in [0.5, 0.6) is 0 Å². The first-order valence-corrected chi connectivity index (χ1v) is 10.9. The summed E-state index contributed by atoms with van der Waals surface area (Å²) in [5.41, 5.74) is 5.36. The van der Waals surface area contributed by atoms with Crippen molar-refractivity contribution in [1.82, 2.24) is 30.5 Å². The van der Waals surface area contributed by atoms with Crippen LogP contribution in [0.25, 0.3) is 16.8 Å². The predicted molar refractivity (Wildman–Crippen MR) is 128 cm³/mol. The highest BCUT2D eigenvalue weighted by molar-refractivity contribution is 5.96. The van der Waals surface area contributed by atoms with Crippen LogP contribution in [0, 0.1) is 6.92 Å². The summed E-state index contributed by atoms with van der Waals surface area (Å²) in [7, 11) is 1.82. The second-order valence-electron chi connectivity index (χ2n) is 7.91. The van der Waals surface area contributed by atoms with Crippen molar-refractivity contribution >= 4 is 11.7 Å². The molecule has 0 saturated heterocycles. The first kappa shape index (κ1) is 22.1. The average molecular weight is 442 g/mol. The second kappa shape index (κ2) is 9.60. The molecule has 4 aromatic rings. The monoisotopic (exact) mass is 441 g/mol. The fourth-order valence-corrected chi connectivity index (χ4v) is 3.62. The topological polar surface area (TPSA) is 97.6 Å². The van der Waals surface area contributed by atoms with E-state index in [9.17, 15) is 4.79 Å². The highest BCUT2D eigenvalue weighted by atomic mass is 16.1. The van der Waals surface area contributed by atoms with Crippen LogP contribution in [0.3, 0.4) is 0 Å². The number of aryl methyl sites for hydroxylation is 2. The van der Waals surface area contributed by atoms with Crippen LogP contribution in [-0.2, 0) is 6.42 Å². The molecule has 2 aromatic carbocycles. The van der Waals surface area contributed by atoms with Crippen molar-refractivity contribution in [3.05, 3.63) is 83.3 Å². The molecule has 8 heteroatoms. The molecule has 4 rings (SSSR count). The lowest BCUT2D eigenvalue weighted by Crippen LogP contribution is -2.27. The molecule has 1 amide bonds. The molecule has 8 nitrogen and oxygen atoms in total. The number of benzene rings is 2. The zero-order valence-corrected chi connectivity index (χ0v) is 19.2. The van der Waals surface area contributed by atoms with Gasteiger partial charge in [0.2, 0.25) is 0 Å². The van der Waals surface area contributed by atoms with Crippen LogP contribution < -0.4 is 10.6 Å². The van der Waals surface area contributed by atoms with Crippen molar-refractivity contribution in [1.29, 1.82) is 0 Å². The summed E-state index contributed by atoms with van der Waals surface area (Å²) in [6.07, 6.45) is 2.40. The molecule has 0 aliphatic carbocycles. The number of tetrazole rings is 1. The minimum Gasteiger partial charge on any atom is -0.373 e. The van der Waals surface area contributed by atoms with Crippen molar-refractivity contribution in [3.8, 4) is 16.8 Å². The Balaban J connectivity index is 1.71. The number of nitrogens with zero attached hydrogens (tertiary/aromatic N) is 5. The van der Waals surface area contributed by atoms with E-state index in [2.05, 4.69) is 55.4 Å². The van der Waals surface area contributed by atoms with E-state index in [1.165, 1.54) is 5.56 Å². The molecule has 1 atom stereocenters. The van der Waals surface area contributed by atoms with Gasteiger partial charge in [0.25, 0.3) is 5.91 Å². The van der Waals surface area contributed by atoms with Gasteiger partial charge in [-0.3, -0.25) is 4.79 Å². The number of hydrogen-bond acceptors (Lipinski definition) is 6. The Bertz CT molecular complexity index is 1260. The maximum atomic E-state index is 13.3. The van der Waals surface area contributed by atoms with Gasteiger partial charge in [-0.1, -0.05) is 36.8 Å². The zero-order chi connectivity index (χ0) is 23.4. The van der Waals surface area contributed by atoms with Crippen molar-refractivity contribution < 1.29 is 4.79 Å². The number of carbonyl (C=O) groups is 1. The zero-order valence-electron chi connectivity index (χ0n) is 19.2. The highest BCUT2D eigenvalue weighted by Gasteiger charge is 2.16. The van der Waals surface area contributed by atoms with E-state index in [4.69, 9.17) is 0 Å². The molecular weight excluding hydrogens is 414 g/mol. The molecule has 168 valence electrons. The standard InChI is InChI=1S/C25H27N7O/c1-5-24-29-30-31-32(24)22-13-20(18-8-6-16(2)7-9-18)12-21(14-22)25(33)28-17(3)19-10-11-27-23(15-19)26-4/h6-15,17H,5H2,1-4H3,(H,26,27)(H,28,33). The molecule has 0 fully saturated rings. The molecule has 0 bridgehead atoms. The van der Waals surface area contributed by atoms with E-state index in [1.807, 2.05) is 58.2 Å². The molecule has 0 aliphatic rings. The van der Waals surface area contributed by atoms with Crippen LogP contribution >= 0.6 is 0 Å². The molecule has 2 heterocycles. The fraction of sp³-hybridized carbons (Fsp3) is 0.240. The quantitative estimate of drug-likeness (QED) is 0.448. The summed E-state index contributed by atoms with van der Waals surface area (Å²) in [5, 5.41) is 18.2. The number of hydrogen-bond donors (Lipinski definition) is 2. The van der Waals surface area contributed by atoms with E-state index in [0.717, 1.165) is 34.0 Å². The smallest absolute Gasteiger partial charge is 0.251 e. The molecule has 0 radical (unpaired) electrons. The number of pyridine rings is 1. The SMILES string of the molecule is CCc1nnnn1-c1cc(C(=O)NC(C)c2ccnc(NC)c2)cc(-c2ccc(C)cc2)c1. The van der Waals surface area contributed by atoms with Crippen LogP contribution in [0.15, 0.2) is 60.8 Å². The number of carbonyl (C=O) groups excluding carboxylic acids is 1. The van der Waals surface area contributed by atoms with Gasteiger partial charge in [-0.2, -0.15) is 4.68 Å². The van der Waals surface area contributed by atoms with E-state index < -0.39 is 0 Å². The maximum Gasteiger partial charge on any atom is 0.251 e. The summed E-state index contributed by atoms with van der Waals surface area (Å²) in [5.74, 6) is 1.31. The van der Waals surface area contributed by atoms with Crippen molar-refractivity contribution in [2.45, 2.75) is 33.2 Å². The summed E-state index contributed by atoms with van der Waals surface area (Å²) in [6.45, 7) is 6.00. The number of nitrogens with one attached hydrogen (secondary N) is 2. The summed E-state index contributed by atoms with van der Waals surface area (Å²) in [4.78, 5) is 17.5. The molecule has 1 unspecified atom stereocenters. The van der Waals surface area contributed by atoms with E-state index in [1.54, 1.807) is 10.9 Å². The van der Waals surface area contributed by atoms with Crippen LogP contribution in [0.1, 0.15) is 47.2 Å².